The lowest BCUT2D eigenvalue weighted by Gasteiger charge is -2.17. The van der Waals surface area contributed by atoms with E-state index in [1.54, 1.807) is 6.07 Å². The molecule has 1 atom stereocenters. The average molecular weight is 308 g/mol. The summed E-state index contributed by atoms with van der Waals surface area (Å²) in [5, 5.41) is 10.8. The maximum absolute atomic E-state index is 10.8. The van der Waals surface area contributed by atoms with Crippen LogP contribution < -0.4 is 15.2 Å². The molecule has 22 heavy (non-hydrogen) atoms. The number of benzene rings is 1. The summed E-state index contributed by atoms with van der Waals surface area (Å²) in [7, 11) is 1.48. The second-order valence-electron chi connectivity index (χ2n) is 5.85. The van der Waals surface area contributed by atoms with Gasteiger partial charge < -0.3 is 15.2 Å². The van der Waals surface area contributed by atoms with Crippen molar-refractivity contribution >= 4 is 5.69 Å². The van der Waals surface area contributed by atoms with Gasteiger partial charge in [-0.15, -0.1) is 0 Å². The van der Waals surface area contributed by atoms with E-state index in [1.807, 2.05) is 0 Å². The molecule has 0 amide bonds. The molecule has 6 nitrogen and oxygen atoms in total. The summed E-state index contributed by atoms with van der Waals surface area (Å²) in [5.74, 6) is 2.42. The first-order valence-electron chi connectivity index (χ1n) is 7.79. The average Bonchev–Trinajstić information content (AvgIpc) is 3.31. The summed E-state index contributed by atoms with van der Waals surface area (Å²) in [6, 6.07) is 4.41. The summed E-state index contributed by atoms with van der Waals surface area (Å²) in [6.07, 6.45) is 5.90. The molecule has 1 aliphatic carbocycles. The minimum absolute atomic E-state index is 0.000980. The van der Waals surface area contributed by atoms with E-state index in [0.29, 0.717) is 30.6 Å². The Balaban J connectivity index is 1.87. The van der Waals surface area contributed by atoms with Crippen LogP contribution in [0.1, 0.15) is 32.1 Å². The van der Waals surface area contributed by atoms with Gasteiger partial charge in [0.2, 0.25) is 0 Å². The second-order valence-corrected chi connectivity index (χ2v) is 5.85. The molecular weight excluding hydrogens is 284 g/mol. The van der Waals surface area contributed by atoms with E-state index >= 15 is 0 Å². The number of methoxy groups -OCH3 is 1. The van der Waals surface area contributed by atoms with E-state index in [4.69, 9.17) is 15.2 Å². The molecule has 2 rings (SSSR count). The van der Waals surface area contributed by atoms with Crippen molar-refractivity contribution in [2.45, 2.75) is 32.1 Å². The molecule has 1 aromatic rings. The lowest BCUT2D eigenvalue weighted by atomic mass is 9.95. The summed E-state index contributed by atoms with van der Waals surface area (Å²) < 4.78 is 10.9. The van der Waals surface area contributed by atoms with E-state index in [2.05, 4.69) is 0 Å². The third kappa shape index (κ3) is 4.87. The lowest BCUT2D eigenvalue weighted by Crippen LogP contribution is -2.13. The molecule has 0 saturated heterocycles. The molecule has 6 heteroatoms. The van der Waals surface area contributed by atoms with Crippen LogP contribution in [-0.4, -0.2) is 25.2 Å². The van der Waals surface area contributed by atoms with Crippen molar-refractivity contribution in [1.82, 2.24) is 0 Å². The van der Waals surface area contributed by atoms with Crippen LogP contribution in [0.25, 0.3) is 0 Å². The number of rotatable bonds is 10. The third-order valence-corrected chi connectivity index (χ3v) is 4.08. The highest BCUT2D eigenvalue weighted by molar-refractivity contribution is 5.48. The SMILES string of the molecule is COc1cc([N+](=O)[O-])ccc1OCCC(CCN)CC1CC1. The van der Waals surface area contributed by atoms with Crippen LogP contribution in [-0.2, 0) is 0 Å². The first-order chi connectivity index (χ1) is 10.6. The Morgan fingerprint density at radius 1 is 1.36 bits per heavy atom. The minimum Gasteiger partial charge on any atom is -0.493 e. The number of nitrogens with two attached hydrogens (primary N) is 1. The molecule has 122 valence electrons. The van der Waals surface area contributed by atoms with Crippen LogP contribution in [0, 0.1) is 22.0 Å². The number of nitro benzene ring substituents is 1. The molecule has 1 aromatic carbocycles. The van der Waals surface area contributed by atoms with Crippen molar-refractivity contribution in [3.05, 3.63) is 28.3 Å². The molecule has 0 aliphatic heterocycles. The maximum Gasteiger partial charge on any atom is 0.273 e. The summed E-state index contributed by atoms with van der Waals surface area (Å²) in [6.45, 7) is 1.28. The van der Waals surface area contributed by atoms with Gasteiger partial charge >= 0.3 is 0 Å². The monoisotopic (exact) mass is 308 g/mol. The van der Waals surface area contributed by atoms with Crippen molar-refractivity contribution in [2.75, 3.05) is 20.3 Å². The molecule has 0 aromatic heterocycles. The number of hydrogen-bond donors (Lipinski definition) is 1. The number of nitrogens with zero attached hydrogens (tertiary/aromatic N) is 1. The molecule has 2 N–H and O–H groups in total. The molecule has 0 spiro atoms. The fourth-order valence-electron chi connectivity index (χ4n) is 2.67. The van der Waals surface area contributed by atoms with Crippen molar-refractivity contribution in [3.63, 3.8) is 0 Å². The van der Waals surface area contributed by atoms with E-state index in [-0.39, 0.29) is 5.69 Å². The lowest BCUT2D eigenvalue weighted by molar-refractivity contribution is -0.385. The Morgan fingerprint density at radius 2 is 2.14 bits per heavy atom. The molecule has 1 fully saturated rings. The molecule has 0 radical (unpaired) electrons. The topological polar surface area (TPSA) is 87.6 Å². The zero-order chi connectivity index (χ0) is 15.9. The highest BCUT2D eigenvalue weighted by Crippen LogP contribution is 2.37. The van der Waals surface area contributed by atoms with Crippen molar-refractivity contribution in [3.8, 4) is 11.5 Å². The Bertz CT molecular complexity index is 503. The Morgan fingerprint density at radius 3 is 2.73 bits per heavy atom. The number of ether oxygens (including phenoxy) is 2. The predicted octanol–water partition coefficient (Wildman–Crippen LogP) is 3.14. The van der Waals surface area contributed by atoms with Gasteiger partial charge in [-0.25, -0.2) is 0 Å². The molecular formula is C16H24N2O4. The van der Waals surface area contributed by atoms with E-state index < -0.39 is 4.92 Å². The quantitative estimate of drug-likeness (QED) is 0.530. The number of hydrogen-bond acceptors (Lipinski definition) is 5. The number of non-ortho nitro benzene ring substituents is 1. The summed E-state index contributed by atoms with van der Waals surface area (Å²) in [5.41, 5.74) is 5.67. The largest absolute Gasteiger partial charge is 0.493 e. The van der Waals surface area contributed by atoms with Gasteiger partial charge in [0.15, 0.2) is 11.5 Å². The van der Waals surface area contributed by atoms with Crippen LogP contribution in [0.5, 0.6) is 11.5 Å². The van der Waals surface area contributed by atoms with Crippen molar-refractivity contribution in [1.29, 1.82) is 0 Å². The molecule has 0 heterocycles. The predicted molar refractivity (Wildman–Crippen MR) is 84.3 cm³/mol. The zero-order valence-corrected chi connectivity index (χ0v) is 13.0. The van der Waals surface area contributed by atoms with Crippen LogP contribution in [0.4, 0.5) is 5.69 Å². The fraction of sp³-hybridized carbons (Fsp3) is 0.625. The first kappa shape index (κ1) is 16.5. The second kappa shape index (κ2) is 7.98. The van der Waals surface area contributed by atoms with E-state index in [0.717, 1.165) is 18.8 Å². The normalized spacial score (nSPS) is 15.4. The van der Waals surface area contributed by atoms with Gasteiger partial charge in [-0.05, 0) is 43.7 Å². The van der Waals surface area contributed by atoms with Gasteiger partial charge in [-0.1, -0.05) is 12.8 Å². The van der Waals surface area contributed by atoms with Crippen LogP contribution in [0.2, 0.25) is 0 Å². The van der Waals surface area contributed by atoms with Crippen molar-refractivity contribution < 1.29 is 14.4 Å². The van der Waals surface area contributed by atoms with Gasteiger partial charge in [0.05, 0.1) is 24.7 Å². The summed E-state index contributed by atoms with van der Waals surface area (Å²) in [4.78, 5) is 10.3. The van der Waals surface area contributed by atoms with Gasteiger partial charge in [-0.2, -0.15) is 0 Å². The van der Waals surface area contributed by atoms with Crippen molar-refractivity contribution in [2.24, 2.45) is 17.6 Å². The highest BCUT2D eigenvalue weighted by atomic mass is 16.6. The van der Waals surface area contributed by atoms with Crippen LogP contribution in [0.3, 0.4) is 0 Å². The summed E-state index contributed by atoms with van der Waals surface area (Å²) >= 11 is 0. The zero-order valence-electron chi connectivity index (χ0n) is 13.0. The van der Waals surface area contributed by atoms with Gasteiger partial charge in [-0.3, -0.25) is 10.1 Å². The van der Waals surface area contributed by atoms with Crippen LogP contribution >= 0.6 is 0 Å². The van der Waals surface area contributed by atoms with E-state index in [1.165, 1.54) is 38.5 Å². The fourth-order valence-corrected chi connectivity index (χ4v) is 2.67. The van der Waals surface area contributed by atoms with Gasteiger partial charge in [0.25, 0.3) is 5.69 Å². The third-order valence-electron chi connectivity index (χ3n) is 4.08. The Kier molecular flexibility index (Phi) is 6.00. The van der Waals surface area contributed by atoms with Gasteiger partial charge in [0.1, 0.15) is 0 Å². The van der Waals surface area contributed by atoms with Crippen LogP contribution in [0.15, 0.2) is 18.2 Å². The number of nitro groups is 1. The molecule has 1 aliphatic rings. The molecule has 1 saturated carbocycles. The maximum atomic E-state index is 10.8. The Labute approximate surface area is 130 Å². The Hall–Kier alpha value is -1.82. The molecule has 0 bridgehead atoms. The first-order valence-corrected chi connectivity index (χ1v) is 7.79. The highest BCUT2D eigenvalue weighted by Gasteiger charge is 2.25. The minimum atomic E-state index is -0.445. The molecule has 1 unspecified atom stereocenters. The van der Waals surface area contributed by atoms with Gasteiger partial charge in [0, 0.05) is 6.07 Å². The standard InChI is InChI=1S/C16H24N2O4/c1-21-16-11-14(18(19)20)4-5-15(16)22-9-7-13(6-8-17)10-12-2-3-12/h4-5,11-13H,2-3,6-10,17H2,1H3. The smallest absolute Gasteiger partial charge is 0.273 e. The van der Waals surface area contributed by atoms with E-state index in [9.17, 15) is 10.1 Å².